The first-order valence-electron chi connectivity index (χ1n) is 6.03. The third-order valence-electron chi connectivity index (χ3n) is 2.74. The van der Waals surface area contributed by atoms with Crippen LogP contribution in [0.1, 0.15) is 5.56 Å². The van der Waals surface area contributed by atoms with Crippen LogP contribution in [-0.4, -0.2) is 19.9 Å². The number of sulfonamides is 1. The summed E-state index contributed by atoms with van der Waals surface area (Å²) in [5.74, 6) is 0. The Balaban J connectivity index is 2.12. The number of pyridine rings is 1. The van der Waals surface area contributed by atoms with E-state index >= 15 is 0 Å². The maximum Gasteiger partial charge on any atom is 0.242 e. The summed E-state index contributed by atoms with van der Waals surface area (Å²) < 4.78 is 28.1. The molecule has 5 nitrogen and oxygen atoms in total. The molecule has 0 unspecified atom stereocenters. The normalized spacial score (nSPS) is 11.5. The summed E-state index contributed by atoms with van der Waals surface area (Å²) in [6, 6.07) is 6.82. The molecule has 0 saturated carbocycles. The largest absolute Gasteiger partial charge is 0.399 e. The number of benzene rings is 1. The molecular weight excluding hydrogens is 422 g/mol. The molecule has 2 aromatic rings. The fourth-order valence-electron chi connectivity index (χ4n) is 1.79. The van der Waals surface area contributed by atoms with E-state index in [1.165, 1.54) is 0 Å². The molecule has 0 amide bonds. The summed E-state index contributed by atoms with van der Waals surface area (Å²) in [7, 11) is -3.62. The second-order valence-electron chi connectivity index (χ2n) is 4.32. The van der Waals surface area contributed by atoms with Crippen LogP contribution >= 0.6 is 31.9 Å². The molecule has 0 saturated heterocycles. The fraction of sp³-hybridized carbons (Fsp3) is 0.154. The summed E-state index contributed by atoms with van der Waals surface area (Å²) >= 11 is 6.47. The summed E-state index contributed by atoms with van der Waals surface area (Å²) in [4.78, 5) is 4.06. The van der Waals surface area contributed by atoms with Gasteiger partial charge < -0.3 is 5.73 Å². The summed E-state index contributed by atoms with van der Waals surface area (Å²) in [6.07, 6.45) is 3.94. The van der Waals surface area contributed by atoms with Crippen molar-refractivity contribution in [3.05, 3.63) is 51.2 Å². The second-order valence-corrected chi connectivity index (χ2v) is 7.73. The first-order chi connectivity index (χ1) is 9.90. The van der Waals surface area contributed by atoms with Gasteiger partial charge in [0.25, 0.3) is 0 Å². The van der Waals surface area contributed by atoms with Gasteiger partial charge in [-0.2, -0.15) is 0 Å². The van der Waals surface area contributed by atoms with E-state index in [0.717, 1.165) is 5.56 Å². The molecule has 0 aliphatic heterocycles. The molecule has 1 aromatic carbocycles. The van der Waals surface area contributed by atoms with Crippen LogP contribution in [0, 0.1) is 0 Å². The van der Waals surface area contributed by atoms with E-state index in [0.29, 0.717) is 27.6 Å². The van der Waals surface area contributed by atoms with E-state index in [-0.39, 0.29) is 4.90 Å². The molecule has 21 heavy (non-hydrogen) atoms. The molecule has 0 aliphatic rings. The maximum absolute atomic E-state index is 12.4. The van der Waals surface area contributed by atoms with Crippen molar-refractivity contribution in [1.82, 2.24) is 9.71 Å². The predicted molar refractivity (Wildman–Crippen MR) is 89.4 cm³/mol. The standard InChI is InChI=1S/C13H13Br2N3O2S/c14-11-7-10(16)8-12(15)13(11)21(19,20)18-6-3-9-1-4-17-5-2-9/h1-2,4-5,7-8,18H,3,6,16H2. The SMILES string of the molecule is Nc1cc(Br)c(S(=O)(=O)NCCc2ccncc2)c(Br)c1. The van der Waals surface area contributed by atoms with Crippen LogP contribution in [0.2, 0.25) is 0 Å². The number of anilines is 1. The minimum Gasteiger partial charge on any atom is -0.399 e. The fourth-order valence-corrected chi connectivity index (χ4v) is 5.43. The lowest BCUT2D eigenvalue weighted by atomic mass is 10.2. The number of hydrogen-bond acceptors (Lipinski definition) is 4. The number of aromatic nitrogens is 1. The van der Waals surface area contributed by atoms with Crippen LogP contribution in [0.5, 0.6) is 0 Å². The van der Waals surface area contributed by atoms with E-state index in [1.807, 2.05) is 12.1 Å². The molecule has 0 atom stereocenters. The highest BCUT2D eigenvalue weighted by Crippen LogP contribution is 2.32. The Bertz CT molecular complexity index is 713. The average molecular weight is 435 g/mol. The Labute approximate surface area is 140 Å². The number of nitrogens with one attached hydrogen (secondary N) is 1. The van der Waals surface area contributed by atoms with Gasteiger partial charge in [0.15, 0.2) is 0 Å². The summed E-state index contributed by atoms with van der Waals surface area (Å²) in [5.41, 5.74) is 7.16. The Hall–Kier alpha value is -0.960. The first kappa shape index (κ1) is 16.4. The van der Waals surface area contributed by atoms with Gasteiger partial charge in [-0.1, -0.05) is 0 Å². The molecule has 112 valence electrons. The highest BCUT2D eigenvalue weighted by molar-refractivity contribution is 9.11. The van der Waals surface area contributed by atoms with Gasteiger partial charge in [-0.15, -0.1) is 0 Å². The zero-order valence-corrected chi connectivity index (χ0v) is 14.9. The van der Waals surface area contributed by atoms with Crippen LogP contribution in [0.3, 0.4) is 0 Å². The first-order valence-corrected chi connectivity index (χ1v) is 9.10. The molecule has 0 fully saturated rings. The molecule has 0 spiro atoms. The van der Waals surface area contributed by atoms with Crippen LogP contribution in [0.15, 0.2) is 50.5 Å². The van der Waals surface area contributed by atoms with Gasteiger partial charge in [0.2, 0.25) is 10.0 Å². The number of hydrogen-bond donors (Lipinski definition) is 2. The quantitative estimate of drug-likeness (QED) is 0.708. The second kappa shape index (κ2) is 6.87. The minimum atomic E-state index is -3.62. The molecule has 8 heteroatoms. The Morgan fingerprint density at radius 3 is 2.29 bits per heavy atom. The molecular formula is C13H13Br2N3O2S. The molecule has 0 bridgehead atoms. The number of nitrogen functional groups attached to an aromatic ring is 1. The van der Waals surface area contributed by atoms with E-state index in [4.69, 9.17) is 5.73 Å². The van der Waals surface area contributed by atoms with E-state index < -0.39 is 10.0 Å². The van der Waals surface area contributed by atoms with Crippen LogP contribution < -0.4 is 10.5 Å². The van der Waals surface area contributed by atoms with E-state index in [9.17, 15) is 8.42 Å². The van der Waals surface area contributed by atoms with Crippen molar-refractivity contribution in [2.45, 2.75) is 11.3 Å². The van der Waals surface area contributed by atoms with Crippen molar-refractivity contribution >= 4 is 47.6 Å². The third kappa shape index (κ3) is 4.26. The van der Waals surface area contributed by atoms with Crippen molar-refractivity contribution in [3.8, 4) is 0 Å². The van der Waals surface area contributed by atoms with Gasteiger partial charge in [-0.3, -0.25) is 4.98 Å². The van der Waals surface area contributed by atoms with Crippen molar-refractivity contribution in [1.29, 1.82) is 0 Å². The minimum absolute atomic E-state index is 0.145. The zero-order chi connectivity index (χ0) is 15.5. The lowest BCUT2D eigenvalue weighted by molar-refractivity contribution is 0.580. The number of rotatable bonds is 5. The summed E-state index contributed by atoms with van der Waals surface area (Å²) in [6.45, 7) is 0.301. The van der Waals surface area contributed by atoms with E-state index in [1.54, 1.807) is 24.5 Å². The highest BCUT2D eigenvalue weighted by Gasteiger charge is 2.21. The van der Waals surface area contributed by atoms with Gasteiger partial charge in [-0.25, -0.2) is 13.1 Å². The molecule has 3 N–H and O–H groups in total. The molecule has 1 aromatic heterocycles. The maximum atomic E-state index is 12.4. The molecule has 0 aliphatic carbocycles. The molecule has 1 heterocycles. The van der Waals surface area contributed by atoms with E-state index in [2.05, 4.69) is 41.6 Å². The van der Waals surface area contributed by atoms with Gasteiger partial charge in [-0.05, 0) is 68.1 Å². The van der Waals surface area contributed by atoms with Gasteiger partial charge >= 0.3 is 0 Å². The van der Waals surface area contributed by atoms with Crippen molar-refractivity contribution in [2.75, 3.05) is 12.3 Å². The van der Waals surface area contributed by atoms with Crippen molar-refractivity contribution < 1.29 is 8.42 Å². The molecule has 0 radical (unpaired) electrons. The predicted octanol–water partition coefficient (Wildman–Crippen LogP) is 2.71. The highest BCUT2D eigenvalue weighted by atomic mass is 79.9. The Morgan fingerprint density at radius 2 is 1.71 bits per heavy atom. The third-order valence-corrected chi connectivity index (χ3v) is 6.08. The van der Waals surface area contributed by atoms with Crippen LogP contribution in [-0.2, 0) is 16.4 Å². The van der Waals surface area contributed by atoms with Crippen molar-refractivity contribution in [2.24, 2.45) is 0 Å². The lowest BCUT2D eigenvalue weighted by Crippen LogP contribution is -2.26. The van der Waals surface area contributed by atoms with Crippen molar-refractivity contribution in [3.63, 3.8) is 0 Å². The molecule has 2 rings (SSSR count). The monoisotopic (exact) mass is 433 g/mol. The number of halogens is 2. The average Bonchev–Trinajstić information content (AvgIpc) is 2.38. The summed E-state index contributed by atoms with van der Waals surface area (Å²) in [5, 5.41) is 0. The zero-order valence-electron chi connectivity index (χ0n) is 10.9. The van der Waals surface area contributed by atoms with Crippen LogP contribution in [0.4, 0.5) is 5.69 Å². The smallest absolute Gasteiger partial charge is 0.242 e. The van der Waals surface area contributed by atoms with Gasteiger partial charge in [0.1, 0.15) is 4.90 Å². The number of nitrogens with two attached hydrogens (primary N) is 1. The number of nitrogens with zero attached hydrogens (tertiary/aromatic N) is 1. The van der Waals surface area contributed by atoms with Crippen LogP contribution in [0.25, 0.3) is 0 Å². The Kier molecular flexibility index (Phi) is 5.37. The Morgan fingerprint density at radius 1 is 1.14 bits per heavy atom. The topological polar surface area (TPSA) is 85.1 Å². The van der Waals surface area contributed by atoms with Gasteiger partial charge in [0.05, 0.1) is 0 Å². The lowest BCUT2D eigenvalue weighted by Gasteiger charge is -2.11. The van der Waals surface area contributed by atoms with Gasteiger partial charge in [0, 0.05) is 33.6 Å².